The van der Waals surface area contributed by atoms with E-state index >= 15 is 0 Å². The van der Waals surface area contributed by atoms with Crippen LogP contribution in [0.1, 0.15) is 69.8 Å². The van der Waals surface area contributed by atoms with Gasteiger partial charge in [0.25, 0.3) is 0 Å². The molecule has 0 aromatic heterocycles. The first kappa shape index (κ1) is 32.7. The Bertz CT molecular complexity index is 1450. The molecule has 0 aliphatic rings. The number of hydrogen-bond donors (Lipinski definition) is 3. The van der Waals surface area contributed by atoms with Crippen LogP contribution in [0.2, 0.25) is 0 Å². The molecule has 3 aromatic carbocycles. The van der Waals surface area contributed by atoms with Crippen molar-refractivity contribution in [3.05, 3.63) is 101 Å². The summed E-state index contributed by atoms with van der Waals surface area (Å²) in [6.45, 7) is 10.9. The Kier molecular flexibility index (Phi) is 10.6. The molecular weight excluding hydrogens is 542 g/mol. The predicted molar refractivity (Wildman–Crippen MR) is 167 cm³/mol. The molecule has 3 amide bonds. The van der Waals surface area contributed by atoms with E-state index in [9.17, 15) is 19.5 Å². The number of hydrogen-bond acceptors (Lipinski definition) is 5. The van der Waals surface area contributed by atoms with Crippen LogP contribution in [0.15, 0.2) is 78.9 Å². The van der Waals surface area contributed by atoms with Crippen LogP contribution in [0.25, 0.3) is 0 Å². The van der Waals surface area contributed by atoms with Gasteiger partial charge in [-0.3, -0.25) is 9.59 Å². The highest BCUT2D eigenvalue weighted by Gasteiger charge is 2.42. The smallest absolute Gasteiger partial charge is 0.408 e. The minimum Gasteiger partial charge on any atom is -0.508 e. The minimum absolute atomic E-state index is 0.0732. The monoisotopic (exact) mass is 583 g/mol. The third-order valence-corrected chi connectivity index (χ3v) is 6.55. The third-order valence-electron chi connectivity index (χ3n) is 6.55. The van der Waals surface area contributed by atoms with Gasteiger partial charge in [0, 0.05) is 24.1 Å². The minimum atomic E-state index is -1.12. The number of alkyl carbamates (subject to hydrolysis) is 1. The number of carbonyl (C=O) groups is 3. The standard InChI is InChI=1S/C35H41N3O5/c1-8-26-16-12-13-17-28(26)30(31(40)36-23-25-14-10-9-11-15-25)38(34(2,3)4)32(41)29(37-33(42)43-35(5,6)7)22-24-18-20-27(39)21-19-24/h1,9-21,29-30,39H,22-23H2,2-7H3,(H,36,40)(H,37,42). The molecule has 8 heteroatoms. The lowest BCUT2D eigenvalue weighted by Crippen LogP contribution is -2.59. The van der Waals surface area contributed by atoms with Crippen molar-refractivity contribution in [1.82, 2.24) is 15.5 Å². The van der Waals surface area contributed by atoms with Crippen LogP contribution in [0.3, 0.4) is 0 Å². The van der Waals surface area contributed by atoms with Crippen molar-refractivity contribution in [2.75, 3.05) is 0 Å². The first-order valence-corrected chi connectivity index (χ1v) is 14.2. The largest absolute Gasteiger partial charge is 0.508 e. The molecule has 43 heavy (non-hydrogen) atoms. The van der Waals surface area contributed by atoms with Crippen molar-refractivity contribution < 1.29 is 24.2 Å². The van der Waals surface area contributed by atoms with Gasteiger partial charge >= 0.3 is 6.09 Å². The summed E-state index contributed by atoms with van der Waals surface area (Å²) in [5, 5.41) is 15.5. The van der Waals surface area contributed by atoms with Gasteiger partial charge < -0.3 is 25.4 Å². The Labute approximate surface area is 254 Å². The molecule has 226 valence electrons. The number of nitrogens with one attached hydrogen (secondary N) is 2. The predicted octanol–water partition coefficient (Wildman–Crippen LogP) is 5.49. The summed E-state index contributed by atoms with van der Waals surface area (Å²) in [7, 11) is 0. The van der Waals surface area contributed by atoms with E-state index in [2.05, 4.69) is 16.6 Å². The molecule has 2 atom stereocenters. The summed E-state index contributed by atoms with van der Waals surface area (Å²) in [6.07, 6.45) is 5.17. The number of benzene rings is 3. The van der Waals surface area contributed by atoms with Crippen LogP contribution >= 0.6 is 0 Å². The van der Waals surface area contributed by atoms with E-state index in [1.807, 2.05) is 51.1 Å². The second-order valence-corrected chi connectivity index (χ2v) is 12.3. The molecule has 3 N–H and O–H groups in total. The maximum atomic E-state index is 14.6. The van der Waals surface area contributed by atoms with Gasteiger partial charge in [-0.2, -0.15) is 0 Å². The average molecular weight is 584 g/mol. The molecule has 0 aliphatic carbocycles. The van der Waals surface area contributed by atoms with E-state index in [0.29, 0.717) is 16.7 Å². The highest BCUT2D eigenvalue weighted by atomic mass is 16.6. The normalized spacial score (nSPS) is 12.8. The molecule has 0 bridgehead atoms. The fourth-order valence-corrected chi connectivity index (χ4v) is 4.68. The summed E-state index contributed by atoms with van der Waals surface area (Å²) in [5.41, 5.74) is 0.849. The molecular formula is C35H41N3O5. The van der Waals surface area contributed by atoms with E-state index in [1.165, 1.54) is 17.0 Å². The van der Waals surface area contributed by atoms with Gasteiger partial charge in [0.1, 0.15) is 23.4 Å². The number of phenolic OH excluding ortho intramolecular Hbond substituents is 1. The van der Waals surface area contributed by atoms with Crippen LogP contribution in [-0.2, 0) is 27.3 Å². The molecule has 0 saturated heterocycles. The lowest BCUT2D eigenvalue weighted by atomic mass is 9.92. The van der Waals surface area contributed by atoms with Crippen LogP contribution in [0, 0.1) is 12.3 Å². The van der Waals surface area contributed by atoms with E-state index in [-0.39, 0.29) is 18.7 Å². The van der Waals surface area contributed by atoms with E-state index in [1.54, 1.807) is 57.2 Å². The Hall–Kier alpha value is -4.77. The van der Waals surface area contributed by atoms with E-state index in [0.717, 1.165) is 5.56 Å². The average Bonchev–Trinajstić information content (AvgIpc) is 2.94. The summed E-state index contributed by atoms with van der Waals surface area (Å²) in [6, 6.07) is 20.6. The Morgan fingerprint density at radius 1 is 0.884 bits per heavy atom. The number of aromatic hydroxyl groups is 1. The van der Waals surface area contributed by atoms with Gasteiger partial charge in [-0.05, 0) is 76.4 Å². The fraction of sp³-hybridized carbons (Fsp3) is 0.343. The van der Waals surface area contributed by atoms with Gasteiger partial charge in [-0.1, -0.05) is 66.6 Å². The summed E-state index contributed by atoms with van der Waals surface area (Å²) in [5.74, 6) is 1.80. The Morgan fingerprint density at radius 2 is 1.49 bits per heavy atom. The molecule has 3 rings (SSSR count). The zero-order valence-electron chi connectivity index (χ0n) is 25.7. The maximum absolute atomic E-state index is 14.6. The number of ether oxygens (including phenoxy) is 1. The molecule has 0 radical (unpaired) electrons. The highest BCUT2D eigenvalue weighted by molar-refractivity contribution is 5.93. The third kappa shape index (κ3) is 9.37. The lowest BCUT2D eigenvalue weighted by Gasteiger charge is -2.43. The van der Waals surface area contributed by atoms with E-state index in [4.69, 9.17) is 11.2 Å². The van der Waals surface area contributed by atoms with Gasteiger partial charge in [0.05, 0.1) is 0 Å². The van der Waals surface area contributed by atoms with Crippen molar-refractivity contribution in [3.63, 3.8) is 0 Å². The Balaban J connectivity index is 2.10. The number of phenols is 1. The molecule has 3 aromatic rings. The number of amides is 3. The molecule has 0 fully saturated rings. The number of terminal acetylenes is 1. The lowest BCUT2D eigenvalue weighted by molar-refractivity contribution is -0.148. The fourth-order valence-electron chi connectivity index (χ4n) is 4.68. The zero-order valence-corrected chi connectivity index (χ0v) is 25.7. The molecule has 0 heterocycles. The van der Waals surface area contributed by atoms with Crippen LogP contribution in [0.4, 0.5) is 4.79 Å². The van der Waals surface area contributed by atoms with Gasteiger partial charge in [0.15, 0.2) is 0 Å². The first-order chi connectivity index (χ1) is 20.2. The van der Waals surface area contributed by atoms with Crippen molar-refractivity contribution >= 4 is 17.9 Å². The van der Waals surface area contributed by atoms with Crippen molar-refractivity contribution in [2.24, 2.45) is 0 Å². The summed E-state index contributed by atoms with van der Waals surface area (Å²) >= 11 is 0. The molecule has 0 spiro atoms. The first-order valence-electron chi connectivity index (χ1n) is 14.2. The van der Waals surface area contributed by atoms with Crippen LogP contribution in [0.5, 0.6) is 5.75 Å². The Morgan fingerprint density at radius 3 is 2.07 bits per heavy atom. The second kappa shape index (κ2) is 13.9. The maximum Gasteiger partial charge on any atom is 0.408 e. The quantitative estimate of drug-likeness (QED) is 0.289. The topological polar surface area (TPSA) is 108 Å². The van der Waals surface area contributed by atoms with Gasteiger partial charge in [-0.15, -0.1) is 6.42 Å². The van der Waals surface area contributed by atoms with Crippen molar-refractivity contribution in [2.45, 2.75) is 77.7 Å². The van der Waals surface area contributed by atoms with Gasteiger partial charge in [-0.25, -0.2) is 4.79 Å². The second-order valence-electron chi connectivity index (χ2n) is 12.3. The molecule has 8 nitrogen and oxygen atoms in total. The molecule has 0 saturated carbocycles. The number of rotatable bonds is 9. The number of nitrogens with zero attached hydrogens (tertiary/aromatic N) is 1. The van der Waals surface area contributed by atoms with Crippen LogP contribution < -0.4 is 10.6 Å². The van der Waals surface area contributed by atoms with Crippen molar-refractivity contribution in [3.8, 4) is 18.1 Å². The molecule has 2 unspecified atom stereocenters. The molecule has 0 aliphatic heterocycles. The van der Waals surface area contributed by atoms with E-state index < -0.39 is 41.1 Å². The summed E-state index contributed by atoms with van der Waals surface area (Å²) in [4.78, 5) is 43.2. The van der Waals surface area contributed by atoms with Crippen molar-refractivity contribution in [1.29, 1.82) is 0 Å². The number of carbonyl (C=O) groups excluding carboxylic acids is 3. The van der Waals surface area contributed by atoms with Crippen LogP contribution in [-0.4, -0.2) is 45.1 Å². The highest BCUT2D eigenvalue weighted by Crippen LogP contribution is 2.32. The van der Waals surface area contributed by atoms with Gasteiger partial charge in [0.2, 0.25) is 11.8 Å². The zero-order chi connectivity index (χ0) is 31.8. The SMILES string of the molecule is C#Cc1ccccc1C(C(=O)NCc1ccccc1)N(C(=O)C(Cc1ccc(O)cc1)NC(=O)OC(C)(C)C)C(C)(C)C. The summed E-state index contributed by atoms with van der Waals surface area (Å²) < 4.78 is 5.49.